The second-order valence-electron chi connectivity index (χ2n) is 7.18. The Hall–Kier alpha value is -1.20. The molecule has 0 radical (unpaired) electrons. The van der Waals surface area contributed by atoms with Crippen LogP contribution in [-0.4, -0.2) is 26.2 Å². The second kappa shape index (κ2) is 5.42. The second-order valence-corrected chi connectivity index (χ2v) is 8.10. The van der Waals surface area contributed by atoms with Crippen LogP contribution in [0.5, 0.6) is 0 Å². The number of likely N-dealkylation sites (tertiary alicyclic amines) is 1. The third-order valence-corrected chi connectivity index (χ3v) is 5.85. The molecule has 0 amide bonds. The van der Waals surface area contributed by atoms with Gasteiger partial charge in [-0.2, -0.15) is 0 Å². The van der Waals surface area contributed by atoms with E-state index in [1.807, 2.05) is 0 Å². The molecule has 5 heteroatoms. The highest BCUT2D eigenvalue weighted by Gasteiger charge is 2.38. The van der Waals surface area contributed by atoms with Crippen LogP contribution in [0.3, 0.4) is 0 Å². The van der Waals surface area contributed by atoms with Crippen molar-refractivity contribution in [3.63, 3.8) is 0 Å². The van der Waals surface area contributed by atoms with Crippen LogP contribution in [-0.2, 0) is 6.54 Å². The summed E-state index contributed by atoms with van der Waals surface area (Å²) in [6, 6.07) is 9.93. The van der Waals surface area contributed by atoms with Gasteiger partial charge in [0.15, 0.2) is 0 Å². The van der Waals surface area contributed by atoms with Crippen molar-refractivity contribution in [2.75, 3.05) is 6.54 Å². The van der Waals surface area contributed by atoms with Crippen molar-refractivity contribution < 1.29 is 0 Å². The SMILES string of the molecule is Brc1cccc([C@H]2CCN2Cc2nnc(C3CC3)n2C2CC2)c1. The lowest BCUT2D eigenvalue weighted by Gasteiger charge is -2.41. The number of halogens is 1. The number of rotatable bonds is 5. The van der Waals surface area contributed by atoms with Crippen LogP contribution < -0.4 is 0 Å². The van der Waals surface area contributed by atoms with Crippen molar-refractivity contribution in [1.29, 1.82) is 0 Å². The summed E-state index contributed by atoms with van der Waals surface area (Å²) in [6.07, 6.45) is 6.45. The van der Waals surface area contributed by atoms with Crippen LogP contribution in [0.1, 0.15) is 67.3 Å². The van der Waals surface area contributed by atoms with Crippen molar-refractivity contribution >= 4 is 15.9 Å². The summed E-state index contributed by atoms with van der Waals surface area (Å²) in [7, 11) is 0. The molecule has 2 aromatic rings. The Morgan fingerprint density at radius 3 is 2.61 bits per heavy atom. The summed E-state index contributed by atoms with van der Waals surface area (Å²) in [6.45, 7) is 2.10. The van der Waals surface area contributed by atoms with Crippen LogP contribution in [0, 0.1) is 0 Å². The number of nitrogens with zero attached hydrogens (tertiary/aromatic N) is 4. The maximum absolute atomic E-state index is 4.57. The summed E-state index contributed by atoms with van der Waals surface area (Å²) >= 11 is 3.59. The minimum atomic E-state index is 0.529. The Bertz CT molecular complexity index is 732. The normalized spacial score (nSPS) is 24.7. The molecule has 2 heterocycles. The van der Waals surface area contributed by atoms with E-state index in [1.165, 1.54) is 53.8 Å². The number of benzene rings is 1. The molecule has 0 N–H and O–H groups in total. The first-order valence-corrected chi connectivity index (χ1v) is 9.52. The van der Waals surface area contributed by atoms with Crippen LogP contribution in [0.25, 0.3) is 0 Å². The minimum absolute atomic E-state index is 0.529. The zero-order valence-electron chi connectivity index (χ0n) is 13.2. The first-order chi connectivity index (χ1) is 11.3. The molecular weight excluding hydrogens is 352 g/mol. The van der Waals surface area contributed by atoms with Crippen molar-refractivity contribution in [3.05, 3.63) is 46.0 Å². The third kappa shape index (κ3) is 2.64. The average Bonchev–Trinajstić information content (AvgIpc) is 3.42. The van der Waals surface area contributed by atoms with Gasteiger partial charge in [0.1, 0.15) is 11.6 Å². The van der Waals surface area contributed by atoms with E-state index in [0.717, 1.165) is 13.1 Å². The fraction of sp³-hybridized carbons (Fsp3) is 0.556. The first kappa shape index (κ1) is 14.2. The fourth-order valence-corrected chi connectivity index (χ4v) is 4.12. The van der Waals surface area contributed by atoms with Gasteiger partial charge in [0, 0.05) is 29.0 Å². The van der Waals surface area contributed by atoms with Crippen molar-refractivity contribution in [3.8, 4) is 0 Å². The molecule has 1 aromatic heterocycles. The predicted octanol–water partition coefficient (Wildman–Crippen LogP) is 4.20. The maximum atomic E-state index is 4.57. The molecule has 1 saturated heterocycles. The number of hydrogen-bond donors (Lipinski definition) is 0. The van der Waals surface area contributed by atoms with Crippen LogP contribution in [0.15, 0.2) is 28.7 Å². The van der Waals surface area contributed by atoms with Crippen molar-refractivity contribution in [2.24, 2.45) is 0 Å². The number of hydrogen-bond acceptors (Lipinski definition) is 3. The van der Waals surface area contributed by atoms with E-state index in [2.05, 4.69) is 59.9 Å². The van der Waals surface area contributed by atoms with E-state index in [0.29, 0.717) is 18.0 Å². The van der Waals surface area contributed by atoms with E-state index in [4.69, 9.17) is 0 Å². The monoisotopic (exact) mass is 372 g/mol. The van der Waals surface area contributed by atoms with Crippen molar-refractivity contribution in [1.82, 2.24) is 19.7 Å². The van der Waals surface area contributed by atoms with Gasteiger partial charge in [0.05, 0.1) is 6.54 Å². The molecular formula is C18H21BrN4. The summed E-state index contributed by atoms with van der Waals surface area (Å²) in [4.78, 5) is 2.54. The predicted molar refractivity (Wildman–Crippen MR) is 92.2 cm³/mol. The molecule has 120 valence electrons. The highest BCUT2D eigenvalue weighted by Crippen LogP contribution is 2.45. The molecule has 2 saturated carbocycles. The van der Waals surface area contributed by atoms with Gasteiger partial charge in [0.25, 0.3) is 0 Å². The molecule has 1 aromatic carbocycles. The Morgan fingerprint density at radius 2 is 1.96 bits per heavy atom. The Labute approximate surface area is 145 Å². The van der Waals surface area contributed by atoms with Gasteiger partial charge in [0.2, 0.25) is 0 Å². The molecule has 1 atom stereocenters. The Kier molecular flexibility index (Phi) is 3.34. The topological polar surface area (TPSA) is 34.0 Å². The quantitative estimate of drug-likeness (QED) is 0.788. The summed E-state index contributed by atoms with van der Waals surface area (Å²) in [5.74, 6) is 3.14. The molecule has 3 fully saturated rings. The molecule has 1 aliphatic heterocycles. The van der Waals surface area contributed by atoms with Gasteiger partial charge in [-0.25, -0.2) is 0 Å². The van der Waals surface area contributed by atoms with Gasteiger partial charge in [-0.15, -0.1) is 10.2 Å². The van der Waals surface area contributed by atoms with Gasteiger partial charge in [-0.05, 0) is 49.8 Å². The summed E-state index contributed by atoms with van der Waals surface area (Å²) < 4.78 is 3.65. The zero-order valence-corrected chi connectivity index (χ0v) is 14.7. The fourth-order valence-electron chi connectivity index (χ4n) is 3.70. The first-order valence-electron chi connectivity index (χ1n) is 8.73. The molecule has 23 heavy (non-hydrogen) atoms. The molecule has 5 rings (SSSR count). The van der Waals surface area contributed by atoms with E-state index in [-0.39, 0.29) is 0 Å². The van der Waals surface area contributed by atoms with E-state index in [1.54, 1.807) is 0 Å². The largest absolute Gasteiger partial charge is 0.311 e. The third-order valence-electron chi connectivity index (χ3n) is 5.36. The van der Waals surface area contributed by atoms with Crippen molar-refractivity contribution in [2.45, 2.75) is 56.7 Å². The smallest absolute Gasteiger partial charge is 0.147 e. The highest BCUT2D eigenvalue weighted by molar-refractivity contribution is 9.10. The molecule has 0 bridgehead atoms. The average molecular weight is 373 g/mol. The lowest BCUT2D eigenvalue weighted by atomic mass is 9.95. The minimum Gasteiger partial charge on any atom is -0.311 e. The molecule has 0 unspecified atom stereocenters. The Morgan fingerprint density at radius 1 is 1.09 bits per heavy atom. The van der Waals surface area contributed by atoms with E-state index >= 15 is 0 Å². The molecule has 0 spiro atoms. The van der Waals surface area contributed by atoms with Crippen LogP contribution >= 0.6 is 15.9 Å². The molecule has 4 nitrogen and oxygen atoms in total. The van der Waals surface area contributed by atoms with Gasteiger partial charge < -0.3 is 4.57 Å². The van der Waals surface area contributed by atoms with Gasteiger partial charge >= 0.3 is 0 Å². The number of aromatic nitrogens is 3. The standard InChI is InChI=1S/C18H21BrN4/c19-14-3-1-2-13(10-14)16-8-9-22(16)11-17-20-21-18(12-4-5-12)23(17)15-6-7-15/h1-3,10,12,15-16H,4-9,11H2/t16-/m1/s1. The molecule has 3 aliphatic rings. The highest BCUT2D eigenvalue weighted by atomic mass is 79.9. The van der Waals surface area contributed by atoms with Gasteiger partial charge in [-0.1, -0.05) is 28.1 Å². The Balaban J connectivity index is 1.38. The lowest BCUT2D eigenvalue weighted by Crippen LogP contribution is -2.40. The van der Waals surface area contributed by atoms with Crippen LogP contribution in [0.2, 0.25) is 0 Å². The van der Waals surface area contributed by atoms with E-state index in [9.17, 15) is 0 Å². The molecule has 2 aliphatic carbocycles. The summed E-state index contributed by atoms with van der Waals surface area (Å²) in [5, 5.41) is 9.11. The maximum Gasteiger partial charge on any atom is 0.147 e. The van der Waals surface area contributed by atoms with E-state index < -0.39 is 0 Å². The zero-order chi connectivity index (χ0) is 15.4. The van der Waals surface area contributed by atoms with Gasteiger partial charge in [-0.3, -0.25) is 4.90 Å². The lowest BCUT2D eigenvalue weighted by molar-refractivity contribution is 0.0771. The summed E-state index contributed by atoms with van der Waals surface area (Å²) in [5.41, 5.74) is 1.41. The van der Waals surface area contributed by atoms with Crippen LogP contribution in [0.4, 0.5) is 0 Å².